The second kappa shape index (κ2) is 10.8. The van der Waals surface area contributed by atoms with Crippen molar-refractivity contribution in [3.63, 3.8) is 0 Å². The Morgan fingerprint density at radius 1 is 1.15 bits per heavy atom. The van der Waals surface area contributed by atoms with E-state index in [9.17, 15) is 14.7 Å². The van der Waals surface area contributed by atoms with Crippen LogP contribution in [0.3, 0.4) is 0 Å². The molecule has 2 aromatic rings. The number of aliphatic hydroxyl groups is 1. The number of ether oxygens (including phenoxy) is 2. The predicted molar refractivity (Wildman–Crippen MR) is 155 cm³/mol. The van der Waals surface area contributed by atoms with E-state index in [0.717, 1.165) is 5.56 Å². The molecule has 1 aliphatic heterocycles. The van der Waals surface area contributed by atoms with Crippen LogP contribution in [0.1, 0.15) is 109 Å². The number of rotatable bonds is 7. The van der Waals surface area contributed by atoms with E-state index in [1.807, 2.05) is 46.1 Å². The van der Waals surface area contributed by atoms with Crippen molar-refractivity contribution >= 4 is 23.2 Å². The maximum absolute atomic E-state index is 14.7. The van der Waals surface area contributed by atoms with Gasteiger partial charge in [-0.15, -0.1) is 11.3 Å². The summed E-state index contributed by atoms with van der Waals surface area (Å²) in [6.07, 6.45) is 2.34. The van der Waals surface area contributed by atoms with Crippen LogP contribution < -0.4 is 4.74 Å². The number of carbonyl (C=O) groups is 2. The van der Waals surface area contributed by atoms with E-state index in [4.69, 9.17) is 9.47 Å². The Bertz CT molecular complexity index is 1170. The second-order valence-electron chi connectivity index (χ2n) is 13.8. The van der Waals surface area contributed by atoms with Gasteiger partial charge in [0.2, 0.25) is 0 Å². The van der Waals surface area contributed by atoms with Crippen LogP contribution >= 0.6 is 11.3 Å². The molecule has 1 aromatic heterocycles. The molecule has 1 saturated heterocycles. The Hall–Kier alpha value is -2.45. The minimum Gasteiger partial charge on any atom is -0.496 e. The summed E-state index contributed by atoms with van der Waals surface area (Å²) in [6, 6.07) is 4.87. The lowest BCUT2D eigenvalue weighted by Crippen LogP contribution is -2.56. The Morgan fingerprint density at radius 3 is 2.26 bits per heavy atom. The molecule has 0 spiro atoms. The summed E-state index contributed by atoms with van der Waals surface area (Å²) >= 11 is 1.42. The Morgan fingerprint density at radius 2 is 1.79 bits per heavy atom. The number of amides is 1. The van der Waals surface area contributed by atoms with E-state index in [1.54, 1.807) is 44.2 Å². The van der Waals surface area contributed by atoms with Crippen molar-refractivity contribution in [3.05, 3.63) is 45.9 Å². The van der Waals surface area contributed by atoms with Gasteiger partial charge in [0.1, 0.15) is 21.9 Å². The number of thiazole rings is 1. The molecule has 0 radical (unpaired) electrons. The third kappa shape index (κ3) is 6.49. The van der Waals surface area contributed by atoms with Gasteiger partial charge >= 0.3 is 5.97 Å². The van der Waals surface area contributed by atoms with E-state index in [1.165, 1.54) is 11.3 Å². The number of nitrogens with zero attached hydrogens (tertiary/aromatic N) is 2. The molecule has 1 aliphatic rings. The average Bonchev–Trinajstić information content (AvgIpc) is 3.42. The quantitative estimate of drug-likeness (QED) is 0.388. The normalized spacial score (nSPS) is 22.3. The Kier molecular flexibility index (Phi) is 8.64. The van der Waals surface area contributed by atoms with Crippen molar-refractivity contribution < 1.29 is 24.2 Å². The van der Waals surface area contributed by atoms with E-state index >= 15 is 0 Å². The number of esters is 1. The number of hydrogen-bond donors (Lipinski definition) is 1. The highest BCUT2D eigenvalue weighted by molar-refractivity contribution is 7.09. The van der Waals surface area contributed by atoms with Gasteiger partial charge in [0.15, 0.2) is 0 Å². The third-order valence-corrected chi connectivity index (χ3v) is 8.14. The maximum Gasteiger partial charge on any atom is 0.332 e. The van der Waals surface area contributed by atoms with Gasteiger partial charge in [0.05, 0.1) is 18.8 Å². The first-order valence-corrected chi connectivity index (χ1v) is 14.6. The summed E-state index contributed by atoms with van der Waals surface area (Å²) in [7, 11) is 1.60. The van der Waals surface area contributed by atoms with Gasteiger partial charge in [0.25, 0.3) is 5.91 Å². The molecule has 2 heterocycles. The van der Waals surface area contributed by atoms with E-state index < -0.39 is 34.7 Å². The summed E-state index contributed by atoms with van der Waals surface area (Å²) in [5, 5.41) is 14.0. The molecule has 0 bridgehead atoms. The van der Waals surface area contributed by atoms with Crippen molar-refractivity contribution in [1.82, 2.24) is 9.88 Å². The van der Waals surface area contributed by atoms with Gasteiger partial charge in [-0.2, -0.15) is 0 Å². The first-order chi connectivity index (χ1) is 17.8. The SMILES string of the molecule is COc1cc(C(=O)N2[C@@H](c3nccs3)[C@H](C(C)(C)O)C[C@@]2(CC(C)C)C(=O)OC(C)(C)C)ccc1C(C)(C)C. The molecule has 0 saturated carbocycles. The molecule has 216 valence electrons. The Balaban J connectivity index is 2.31. The number of aromatic nitrogens is 1. The summed E-state index contributed by atoms with van der Waals surface area (Å²) < 4.78 is 11.7. The van der Waals surface area contributed by atoms with Crippen molar-refractivity contribution in [2.75, 3.05) is 7.11 Å². The highest BCUT2D eigenvalue weighted by Crippen LogP contribution is 2.54. The van der Waals surface area contributed by atoms with Crippen LogP contribution in [0.25, 0.3) is 0 Å². The zero-order valence-corrected chi connectivity index (χ0v) is 26.2. The second-order valence-corrected chi connectivity index (χ2v) is 14.7. The molecular formula is C31H46N2O5S. The fourth-order valence-electron chi connectivity index (χ4n) is 5.72. The van der Waals surface area contributed by atoms with Crippen LogP contribution in [0.5, 0.6) is 5.75 Å². The largest absolute Gasteiger partial charge is 0.496 e. The first-order valence-electron chi connectivity index (χ1n) is 13.7. The lowest BCUT2D eigenvalue weighted by atomic mass is 9.78. The molecule has 39 heavy (non-hydrogen) atoms. The lowest BCUT2D eigenvalue weighted by Gasteiger charge is -2.41. The first kappa shape index (κ1) is 31.1. The minimum atomic E-state index is -1.30. The van der Waals surface area contributed by atoms with Crippen LogP contribution in [0.4, 0.5) is 0 Å². The summed E-state index contributed by atoms with van der Waals surface area (Å²) in [6.45, 7) is 19.3. The van der Waals surface area contributed by atoms with Crippen molar-refractivity contribution in [1.29, 1.82) is 0 Å². The zero-order valence-electron chi connectivity index (χ0n) is 25.4. The van der Waals surface area contributed by atoms with E-state index in [-0.39, 0.29) is 23.7 Å². The van der Waals surface area contributed by atoms with Crippen LogP contribution in [-0.4, -0.2) is 50.7 Å². The highest BCUT2D eigenvalue weighted by atomic mass is 32.1. The fourth-order valence-corrected chi connectivity index (χ4v) is 6.51. The van der Waals surface area contributed by atoms with E-state index in [2.05, 4.69) is 25.8 Å². The number of benzene rings is 1. The molecule has 0 aliphatic carbocycles. The molecule has 3 atom stereocenters. The number of hydrogen-bond acceptors (Lipinski definition) is 7. The summed E-state index contributed by atoms with van der Waals surface area (Å²) in [5.74, 6) is -0.530. The molecule has 7 nitrogen and oxygen atoms in total. The third-order valence-electron chi connectivity index (χ3n) is 7.29. The molecule has 1 fully saturated rings. The lowest BCUT2D eigenvalue weighted by molar-refractivity contribution is -0.168. The van der Waals surface area contributed by atoms with E-state index in [0.29, 0.717) is 22.7 Å². The monoisotopic (exact) mass is 558 g/mol. The molecule has 8 heteroatoms. The van der Waals surface area contributed by atoms with Crippen LogP contribution in [0.2, 0.25) is 0 Å². The van der Waals surface area contributed by atoms with Crippen molar-refractivity contribution in [2.24, 2.45) is 11.8 Å². The standard InChI is InChI=1S/C31H46N2O5S/c1-19(2)17-31(27(35)38-29(6,7)8)18-22(30(9,10)36)24(25-32-14-15-39-25)33(31)26(34)20-12-13-21(28(3,4)5)23(16-20)37-11/h12-16,19,22,24,36H,17-18H2,1-11H3/t22-,24-,31+/m1/s1. The van der Waals surface area contributed by atoms with Gasteiger partial charge in [-0.25, -0.2) is 9.78 Å². The molecule has 1 aromatic carbocycles. The zero-order chi connectivity index (χ0) is 29.6. The van der Waals surface area contributed by atoms with Crippen LogP contribution in [-0.2, 0) is 14.9 Å². The molecule has 1 N–H and O–H groups in total. The van der Waals surface area contributed by atoms with Crippen molar-refractivity contribution in [2.45, 2.75) is 110 Å². The molecule has 1 amide bonds. The van der Waals surface area contributed by atoms with Crippen LogP contribution in [0, 0.1) is 11.8 Å². The number of methoxy groups -OCH3 is 1. The highest BCUT2D eigenvalue weighted by Gasteiger charge is 2.63. The van der Waals surface area contributed by atoms with Gasteiger partial charge in [-0.1, -0.05) is 40.7 Å². The topological polar surface area (TPSA) is 89.0 Å². The number of likely N-dealkylation sites (tertiary alicyclic amines) is 1. The van der Waals surface area contributed by atoms with Gasteiger partial charge in [-0.3, -0.25) is 4.79 Å². The van der Waals surface area contributed by atoms with Gasteiger partial charge < -0.3 is 19.5 Å². The summed E-state index contributed by atoms with van der Waals surface area (Å²) in [5.41, 5.74) is -2.03. The predicted octanol–water partition coefficient (Wildman–Crippen LogP) is 6.55. The number of carbonyl (C=O) groups excluding carboxylic acids is 2. The van der Waals surface area contributed by atoms with Crippen molar-refractivity contribution in [3.8, 4) is 5.75 Å². The molecular weight excluding hydrogens is 512 g/mol. The smallest absolute Gasteiger partial charge is 0.332 e. The minimum absolute atomic E-state index is 0.0723. The van der Waals surface area contributed by atoms with Gasteiger partial charge in [-0.05, 0) is 76.5 Å². The maximum atomic E-state index is 14.7. The summed E-state index contributed by atoms with van der Waals surface area (Å²) in [4.78, 5) is 35.2. The molecule has 3 rings (SSSR count). The Labute approximate surface area is 237 Å². The fraction of sp³-hybridized carbons (Fsp3) is 0.645. The average molecular weight is 559 g/mol. The molecule has 0 unspecified atom stereocenters. The van der Waals surface area contributed by atoms with Crippen LogP contribution in [0.15, 0.2) is 29.8 Å². The van der Waals surface area contributed by atoms with Gasteiger partial charge in [0, 0.05) is 23.1 Å².